The van der Waals surface area contributed by atoms with Gasteiger partial charge in [-0.1, -0.05) is 6.92 Å². The summed E-state index contributed by atoms with van der Waals surface area (Å²) in [7, 11) is 0. The smallest absolute Gasteiger partial charge is 0.139 e. The Bertz CT molecular complexity index is 127. The van der Waals surface area contributed by atoms with E-state index in [2.05, 4.69) is 6.92 Å². The molecule has 0 bridgehead atoms. The summed E-state index contributed by atoms with van der Waals surface area (Å²) >= 11 is 0. The number of hydroxylamine groups is 2. The molecule has 0 aliphatic carbocycles. The number of nitrogens with zero attached hydrogens (tertiary/aromatic N) is 1. The molecule has 0 aromatic carbocycles. The van der Waals surface area contributed by atoms with E-state index in [1.807, 2.05) is 0 Å². The molecule has 11 heavy (non-hydrogen) atoms. The topological polar surface area (TPSA) is 29.5 Å². The van der Waals surface area contributed by atoms with Gasteiger partial charge in [-0.05, 0) is 19.3 Å². The summed E-state index contributed by atoms with van der Waals surface area (Å²) in [4.78, 5) is 15.8. The van der Waals surface area contributed by atoms with Gasteiger partial charge in [0.05, 0.1) is 12.6 Å². The Labute approximate surface area is 67.3 Å². The molecule has 1 aliphatic heterocycles. The number of carbonyl (C=O) groups is 1. The summed E-state index contributed by atoms with van der Waals surface area (Å²) in [5, 5.41) is 1.80. The van der Waals surface area contributed by atoms with Gasteiger partial charge in [-0.25, -0.2) is 0 Å². The molecule has 1 rings (SSSR count). The Morgan fingerprint density at radius 1 is 1.73 bits per heavy atom. The summed E-state index contributed by atoms with van der Waals surface area (Å²) in [5.74, 6) is 0. The molecule has 0 aromatic rings. The second kappa shape index (κ2) is 4.46. The molecule has 0 amide bonds. The summed E-state index contributed by atoms with van der Waals surface area (Å²) in [5.41, 5.74) is 0. The van der Waals surface area contributed by atoms with E-state index in [9.17, 15) is 4.79 Å². The minimum absolute atomic E-state index is 0.0153. The van der Waals surface area contributed by atoms with Crippen LogP contribution in [0.25, 0.3) is 0 Å². The number of aldehydes is 1. The number of rotatable bonds is 4. The number of hydrogen-bond acceptors (Lipinski definition) is 3. The number of hydrogen-bond donors (Lipinski definition) is 0. The zero-order chi connectivity index (χ0) is 8.10. The third kappa shape index (κ3) is 2.27. The highest BCUT2D eigenvalue weighted by molar-refractivity contribution is 5.57. The van der Waals surface area contributed by atoms with Crippen molar-refractivity contribution < 1.29 is 9.63 Å². The lowest BCUT2D eigenvalue weighted by molar-refractivity contribution is -0.169. The van der Waals surface area contributed by atoms with Crippen molar-refractivity contribution in [1.82, 2.24) is 5.06 Å². The van der Waals surface area contributed by atoms with Gasteiger partial charge in [0, 0.05) is 6.54 Å². The highest BCUT2D eigenvalue weighted by Crippen LogP contribution is 2.15. The van der Waals surface area contributed by atoms with Crippen LogP contribution in [0.2, 0.25) is 0 Å². The van der Waals surface area contributed by atoms with Crippen molar-refractivity contribution in [3.05, 3.63) is 0 Å². The second-order valence-electron chi connectivity index (χ2n) is 2.82. The first-order valence-corrected chi connectivity index (χ1v) is 4.23. The van der Waals surface area contributed by atoms with Crippen LogP contribution in [0.15, 0.2) is 0 Å². The van der Waals surface area contributed by atoms with Crippen LogP contribution in [-0.2, 0) is 9.63 Å². The Hall–Kier alpha value is -0.410. The van der Waals surface area contributed by atoms with Crippen molar-refractivity contribution in [2.45, 2.75) is 32.2 Å². The van der Waals surface area contributed by atoms with Gasteiger partial charge in [0.1, 0.15) is 6.29 Å². The highest BCUT2D eigenvalue weighted by atomic mass is 16.7. The van der Waals surface area contributed by atoms with Crippen LogP contribution >= 0.6 is 0 Å². The van der Waals surface area contributed by atoms with Crippen molar-refractivity contribution in [1.29, 1.82) is 0 Å². The van der Waals surface area contributed by atoms with Crippen LogP contribution in [0.3, 0.4) is 0 Å². The van der Waals surface area contributed by atoms with Gasteiger partial charge in [-0.15, -0.1) is 0 Å². The van der Waals surface area contributed by atoms with Crippen LogP contribution in [0.4, 0.5) is 0 Å². The van der Waals surface area contributed by atoms with Gasteiger partial charge >= 0.3 is 0 Å². The molecule has 3 nitrogen and oxygen atoms in total. The maximum atomic E-state index is 10.5. The zero-order valence-electron chi connectivity index (χ0n) is 6.95. The molecular formula is C8H15NO2. The molecule has 0 saturated carbocycles. The normalized spacial score (nSPS) is 25.7. The molecule has 1 saturated heterocycles. The number of carbonyl (C=O) groups excluding carboxylic acids is 1. The Balaban J connectivity index is 2.25. The third-order valence-electron chi connectivity index (χ3n) is 1.87. The lowest BCUT2D eigenvalue weighted by atomic mass is 10.2. The first kappa shape index (κ1) is 8.68. The monoisotopic (exact) mass is 157 g/mol. The molecular weight excluding hydrogens is 142 g/mol. The molecule has 0 unspecified atom stereocenters. The van der Waals surface area contributed by atoms with Crippen LogP contribution in [0, 0.1) is 0 Å². The summed E-state index contributed by atoms with van der Waals surface area (Å²) in [6, 6.07) is 0.0153. The lowest BCUT2D eigenvalue weighted by Gasteiger charge is -2.18. The van der Waals surface area contributed by atoms with E-state index in [0.717, 1.165) is 38.7 Å². The van der Waals surface area contributed by atoms with E-state index in [1.54, 1.807) is 5.06 Å². The van der Waals surface area contributed by atoms with Gasteiger partial charge in [0.25, 0.3) is 0 Å². The molecule has 1 heterocycles. The fourth-order valence-corrected chi connectivity index (χ4v) is 1.27. The third-order valence-corrected chi connectivity index (χ3v) is 1.87. The lowest BCUT2D eigenvalue weighted by Crippen LogP contribution is -2.30. The van der Waals surface area contributed by atoms with E-state index >= 15 is 0 Å². The van der Waals surface area contributed by atoms with Crippen LogP contribution < -0.4 is 0 Å². The molecule has 1 atom stereocenters. The minimum atomic E-state index is 0.0153. The fourth-order valence-electron chi connectivity index (χ4n) is 1.27. The molecule has 1 fully saturated rings. The van der Waals surface area contributed by atoms with E-state index in [1.165, 1.54) is 0 Å². The molecule has 0 aromatic heterocycles. The van der Waals surface area contributed by atoms with Gasteiger partial charge in [-0.3, -0.25) is 4.84 Å². The average molecular weight is 157 g/mol. The van der Waals surface area contributed by atoms with Crippen molar-refractivity contribution >= 4 is 6.29 Å². The second-order valence-corrected chi connectivity index (χ2v) is 2.82. The standard InChI is InChI=1S/C8H15NO2/c1-2-6-11-9-5-3-4-8(9)7-10/h7-8H,2-6H2,1H3/t8-/m0/s1. The zero-order valence-corrected chi connectivity index (χ0v) is 6.95. The first-order chi connectivity index (χ1) is 5.38. The van der Waals surface area contributed by atoms with Crippen molar-refractivity contribution in [3.63, 3.8) is 0 Å². The Kier molecular flexibility index (Phi) is 3.52. The minimum Gasteiger partial charge on any atom is -0.302 e. The summed E-state index contributed by atoms with van der Waals surface area (Å²) in [6.45, 7) is 3.69. The molecule has 0 N–H and O–H groups in total. The SMILES string of the molecule is CCCON1CCC[C@H]1C=O. The summed E-state index contributed by atoms with van der Waals surface area (Å²) < 4.78 is 0. The molecule has 64 valence electrons. The molecule has 3 heteroatoms. The largest absolute Gasteiger partial charge is 0.302 e. The molecule has 1 aliphatic rings. The van der Waals surface area contributed by atoms with Crippen LogP contribution in [0.5, 0.6) is 0 Å². The molecule has 0 radical (unpaired) electrons. The van der Waals surface area contributed by atoms with E-state index < -0.39 is 0 Å². The predicted molar refractivity (Wildman–Crippen MR) is 42.0 cm³/mol. The maximum absolute atomic E-state index is 10.5. The highest BCUT2D eigenvalue weighted by Gasteiger charge is 2.24. The van der Waals surface area contributed by atoms with Gasteiger partial charge in [0.15, 0.2) is 0 Å². The Morgan fingerprint density at radius 2 is 2.55 bits per heavy atom. The van der Waals surface area contributed by atoms with E-state index in [4.69, 9.17) is 4.84 Å². The van der Waals surface area contributed by atoms with Crippen molar-refractivity contribution in [3.8, 4) is 0 Å². The average Bonchev–Trinajstić information content (AvgIpc) is 2.47. The van der Waals surface area contributed by atoms with E-state index in [0.29, 0.717) is 0 Å². The van der Waals surface area contributed by atoms with Gasteiger partial charge in [0.2, 0.25) is 0 Å². The van der Waals surface area contributed by atoms with Gasteiger partial charge < -0.3 is 4.79 Å². The quantitative estimate of drug-likeness (QED) is 0.570. The first-order valence-electron chi connectivity index (χ1n) is 4.23. The van der Waals surface area contributed by atoms with Crippen LogP contribution in [-0.4, -0.2) is 30.5 Å². The van der Waals surface area contributed by atoms with Crippen molar-refractivity contribution in [2.24, 2.45) is 0 Å². The Morgan fingerprint density at radius 3 is 3.18 bits per heavy atom. The van der Waals surface area contributed by atoms with Crippen molar-refractivity contribution in [2.75, 3.05) is 13.2 Å². The fraction of sp³-hybridized carbons (Fsp3) is 0.875. The molecule has 0 spiro atoms. The van der Waals surface area contributed by atoms with Gasteiger partial charge in [-0.2, -0.15) is 5.06 Å². The maximum Gasteiger partial charge on any atom is 0.139 e. The van der Waals surface area contributed by atoms with E-state index in [-0.39, 0.29) is 6.04 Å². The van der Waals surface area contributed by atoms with Crippen LogP contribution in [0.1, 0.15) is 26.2 Å². The predicted octanol–water partition coefficient (Wildman–Crippen LogP) is 0.991. The summed E-state index contributed by atoms with van der Waals surface area (Å²) in [6.07, 6.45) is 4.01.